The molecule has 28 heavy (non-hydrogen) atoms. The number of benzene rings is 1. The summed E-state index contributed by atoms with van der Waals surface area (Å²) in [4.78, 5) is 33.0. The van der Waals surface area contributed by atoms with Crippen molar-refractivity contribution in [2.75, 3.05) is 37.7 Å². The Morgan fingerprint density at radius 2 is 2.00 bits per heavy atom. The van der Waals surface area contributed by atoms with Crippen LogP contribution in [0.3, 0.4) is 0 Å². The first-order valence-corrected chi connectivity index (χ1v) is 10.5. The predicted molar refractivity (Wildman–Crippen MR) is 108 cm³/mol. The lowest BCUT2D eigenvalue weighted by Gasteiger charge is -2.21. The van der Waals surface area contributed by atoms with Crippen molar-refractivity contribution in [2.24, 2.45) is 5.92 Å². The molecule has 3 heterocycles. The SMILES string of the molecule is O=C(NCC1CCOCC1)c1csc(N2CCN(Cc3ccccc3)C2=O)n1. The van der Waals surface area contributed by atoms with Gasteiger partial charge in [-0.15, -0.1) is 11.3 Å². The van der Waals surface area contributed by atoms with Gasteiger partial charge in [-0.2, -0.15) is 0 Å². The third kappa shape index (κ3) is 4.34. The highest BCUT2D eigenvalue weighted by Gasteiger charge is 2.31. The lowest BCUT2D eigenvalue weighted by molar-refractivity contribution is 0.0642. The Morgan fingerprint density at radius 3 is 2.79 bits per heavy atom. The molecule has 0 bridgehead atoms. The molecular formula is C20H24N4O3S. The Morgan fingerprint density at radius 1 is 1.21 bits per heavy atom. The normalized spacial score (nSPS) is 17.9. The maximum Gasteiger partial charge on any atom is 0.326 e. The zero-order valence-corrected chi connectivity index (χ0v) is 16.5. The van der Waals surface area contributed by atoms with E-state index >= 15 is 0 Å². The number of thiazole rings is 1. The van der Waals surface area contributed by atoms with Crippen LogP contribution in [0.1, 0.15) is 28.9 Å². The fraction of sp³-hybridized carbons (Fsp3) is 0.450. The minimum Gasteiger partial charge on any atom is -0.381 e. The van der Waals surface area contributed by atoms with E-state index in [4.69, 9.17) is 4.74 Å². The van der Waals surface area contributed by atoms with Gasteiger partial charge in [-0.25, -0.2) is 9.78 Å². The van der Waals surface area contributed by atoms with E-state index in [0.29, 0.717) is 42.9 Å². The standard InChI is InChI=1S/C20H24N4O3S/c25-18(21-12-15-6-10-27-11-7-15)17-14-28-19(22-17)24-9-8-23(20(24)26)13-16-4-2-1-3-5-16/h1-5,14-15H,6-13H2,(H,21,25). The van der Waals surface area contributed by atoms with Crippen LogP contribution in [-0.4, -0.2) is 54.7 Å². The molecule has 3 amide bonds. The first-order chi connectivity index (χ1) is 13.7. The summed E-state index contributed by atoms with van der Waals surface area (Å²) in [6.45, 7) is 3.99. The summed E-state index contributed by atoms with van der Waals surface area (Å²) < 4.78 is 5.34. The van der Waals surface area contributed by atoms with Gasteiger partial charge in [-0.05, 0) is 24.3 Å². The van der Waals surface area contributed by atoms with Crippen LogP contribution in [0.15, 0.2) is 35.7 Å². The molecule has 0 unspecified atom stereocenters. The van der Waals surface area contributed by atoms with Crippen LogP contribution in [0.5, 0.6) is 0 Å². The number of nitrogens with one attached hydrogen (secondary N) is 1. The second-order valence-corrected chi connectivity index (χ2v) is 7.96. The van der Waals surface area contributed by atoms with Crippen molar-refractivity contribution in [2.45, 2.75) is 19.4 Å². The maximum absolute atomic E-state index is 12.7. The number of carbonyl (C=O) groups is 2. The molecule has 148 valence electrons. The van der Waals surface area contributed by atoms with Crippen molar-refractivity contribution >= 4 is 28.4 Å². The first-order valence-electron chi connectivity index (χ1n) is 9.62. The largest absolute Gasteiger partial charge is 0.381 e. The first kappa shape index (κ1) is 18.9. The third-order valence-electron chi connectivity index (χ3n) is 5.16. The number of rotatable bonds is 6. The predicted octanol–water partition coefficient (Wildman–Crippen LogP) is 2.74. The maximum atomic E-state index is 12.7. The number of urea groups is 1. The van der Waals surface area contributed by atoms with Crippen molar-refractivity contribution in [1.29, 1.82) is 0 Å². The molecule has 2 aromatic rings. The van der Waals surface area contributed by atoms with Gasteiger partial charge >= 0.3 is 6.03 Å². The number of aromatic nitrogens is 1. The smallest absolute Gasteiger partial charge is 0.326 e. The number of hydrogen-bond acceptors (Lipinski definition) is 5. The number of amides is 3. The van der Waals surface area contributed by atoms with E-state index in [9.17, 15) is 9.59 Å². The van der Waals surface area contributed by atoms with Crippen molar-refractivity contribution in [3.05, 3.63) is 47.0 Å². The lowest BCUT2D eigenvalue weighted by atomic mass is 10.0. The van der Waals surface area contributed by atoms with Gasteiger partial charge in [0.2, 0.25) is 0 Å². The minimum atomic E-state index is -0.179. The van der Waals surface area contributed by atoms with E-state index < -0.39 is 0 Å². The molecule has 7 nitrogen and oxygen atoms in total. The van der Waals surface area contributed by atoms with E-state index in [-0.39, 0.29) is 11.9 Å². The van der Waals surface area contributed by atoms with Gasteiger partial charge in [0.25, 0.3) is 5.91 Å². The van der Waals surface area contributed by atoms with E-state index in [1.165, 1.54) is 11.3 Å². The fourth-order valence-electron chi connectivity index (χ4n) is 3.48. The molecular weight excluding hydrogens is 376 g/mol. The summed E-state index contributed by atoms with van der Waals surface area (Å²) >= 11 is 1.34. The van der Waals surface area contributed by atoms with E-state index in [1.807, 2.05) is 35.2 Å². The van der Waals surface area contributed by atoms with Gasteiger partial charge in [-0.3, -0.25) is 9.69 Å². The molecule has 1 aromatic carbocycles. The summed E-state index contributed by atoms with van der Waals surface area (Å²) in [6, 6.07) is 9.87. The summed E-state index contributed by atoms with van der Waals surface area (Å²) in [5.74, 6) is 0.282. The molecule has 2 aliphatic heterocycles. The second-order valence-electron chi connectivity index (χ2n) is 7.12. The molecule has 0 aliphatic carbocycles. The van der Waals surface area contributed by atoms with Crippen LogP contribution in [0.25, 0.3) is 0 Å². The second kappa shape index (κ2) is 8.70. The zero-order chi connectivity index (χ0) is 19.3. The van der Waals surface area contributed by atoms with E-state index in [1.54, 1.807) is 10.3 Å². The molecule has 0 saturated carbocycles. The van der Waals surface area contributed by atoms with E-state index in [0.717, 1.165) is 31.6 Å². The molecule has 4 rings (SSSR count). The fourth-order valence-corrected chi connectivity index (χ4v) is 4.31. The van der Waals surface area contributed by atoms with Crippen molar-refractivity contribution in [1.82, 2.24) is 15.2 Å². The average molecular weight is 401 g/mol. The summed E-state index contributed by atoms with van der Waals surface area (Å²) in [5, 5.41) is 5.27. The molecule has 0 radical (unpaired) electrons. The van der Waals surface area contributed by atoms with Crippen LogP contribution < -0.4 is 10.2 Å². The molecule has 2 fully saturated rings. The lowest BCUT2D eigenvalue weighted by Crippen LogP contribution is -2.33. The van der Waals surface area contributed by atoms with Gasteiger partial charge in [0, 0.05) is 44.8 Å². The highest BCUT2D eigenvalue weighted by Crippen LogP contribution is 2.25. The Hall–Kier alpha value is -2.45. The number of nitrogens with zero attached hydrogens (tertiary/aromatic N) is 3. The van der Waals surface area contributed by atoms with Crippen molar-refractivity contribution < 1.29 is 14.3 Å². The van der Waals surface area contributed by atoms with Crippen molar-refractivity contribution in [3.8, 4) is 0 Å². The molecule has 1 N–H and O–H groups in total. The highest BCUT2D eigenvalue weighted by molar-refractivity contribution is 7.14. The molecule has 0 spiro atoms. The number of ether oxygens (including phenoxy) is 1. The van der Waals surface area contributed by atoms with Gasteiger partial charge in [0.1, 0.15) is 5.69 Å². The minimum absolute atomic E-state index is 0.0626. The Kier molecular flexibility index (Phi) is 5.87. The molecule has 0 atom stereocenters. The molecule has 2 aliphatic rings. The monoisotopic (exact) mass is 400 g/mol. The summed E-state index contributed by atoms with van der Waals surface area (Å²) in [6.07, 6.45) is 1.95. The quantitative estimate of drug-likeness (QED) is 0.809. The van der Waals surface area contributed by atoms with Crippen LogP contribution in [0.4, 0.5) is 9.93 Å². The third-order valence-corrected chi connectivity index (χ3v) is 6.02. The van der Waals surface area contributed by atoms with Crippen LogP contribution in [0, 0.1) is 5.92 Å². The molecule has 8 heteroatoms. The average Bonchev–Trinajstić information content (AvgIpc) is 3.35. The van der Waals surface area contributed by atoms with Gasteiger partial charge in [0.15, 0.2) is 5.13 Å². The Labute approximate surface area is 168 Å². The topological polar surface area (TPSA) is 74.8 Å². The molecule has 2 saturated heterocycles. The Bertz CT molecular complexity index is 820. The van der Waals surface area contributed by atoms with Gasteiger partial charge in [0.05, 0.1) is 0 Å². The number of hydrogen-bond donors (Lipinski definition) is 1. The van der Waals surface area contributed by atoms with E-state index in [2.05, 4.69) is 10.3 Å². The highest BCUT2D eigenvalue weighted by atomic mass is 32.1. The van der Waals surface area contributed by atoms with Crippen LogP contribution >= 0.6 is 11.3 Å². The Balaban J connectivity index is 1.33. The summed E-state index contributed by atoms with van der Waals surface area (Å²) in [5.41, 5.74) is 1.48. The van der Waals surface area contributed by atoms with Crippen molar-refractivity contribution in [3.63, 3.8) is 0 Å². The van der Waals surface area contributed by atoms with Gasteiger partial charge < -0.3 is 15.0 Å². The van der Waals surface area contributed by atoms with Crippen LogP contribution in [-0.2, 0) is 11.3 Å². The van der Waals surface area contributed by atoms with Gasteiger partial charge in [-0.1, -0.05) is 30.3 Å². The zero-order valence-electron chi connectivity index (χ0n) is 15.7. The number of carbonyl (C=O) groups excluding carboxylic acids is 2. The van der Waals surface area contributed by atoms with Crippen LogP contribution in [0.2, 0.25) is 0 Å². The molecule has 1 aromatic heterocycles. The number of anilines is 1. The summed E-state index contributed by atoms with van der Waals surface area (Å²) in [7, 11) is 0.